The standard InChI is InChI=1S/C10H12O4S/c1-15(12,13)8-4-7-9-5(10(8)14-7)2-3-6(9)11/h4-5,7,9-10H,2-3H2,1H3/t5-,7-,9-,10-/m1/s1. The van der Waals surface area contributed by atoms with Crippen molar-refractivity contribution in [2.75, 3.05) is 6.26 Å². The fourth-order valence-electron chi connectivity index (χ4n) is 3.03. The molecule has 2 bridgehead atoms. The molecule has 2 aliphatic heterocycles. The Morgan fingerprint density at radius 1 is 1.47 bits per heavy atom. The summed E-state index contributed by atoms with van der Waals surface area (Å²) in [6.07, 6.45) is 3.56. The van der Waals surface area contributed by atoms with Crippen LogP contribution in [0.25, 0.3) is 0 Å². The van der Waals surface area contributed by atoms with Gasteiger partial charge in [0.25, 0.3) is 0 Å². The van der Waals surface area contributed by atoms with Crippen molar-refractivity contribution < 1.29 is 17.9 Å². The van der Waals surface area contributed by atoms with Gasteiger partial charge in [-0.25, -0.2) is 8.42 Å². The van der Waals surface area contributed by atoms with E-state index in [0.29, 0.717) is 11.3 Å². The predicted octanol–water partition coefficient (Wildman–Crippen LogP) is 0.291. The van der Waals surface area contributed by atoms with Crippen molar-refractivity contribution in [1.29, 1.82) is 0 Å². The van der Waals surface area contributed by atoms with E-state index < -0.39 is 9.84 Å². The molecule has 4 atom stereocenters. The molecule has 0 unspecified atom stereocenters. The first-order chi connectivity index (χ1) is 6.98. The Labute approximate surface area is 88.2 Å². The van der Waals surface area contributed by atoms with Gasteiger partial charge in [0, 0.05) is 18.6 Å². The summed E-state index contributed by atoms with van der Waals surface area (Å²) in [5, 5.41) is 0. The lowest BCUT2D eigenvalue weighted by Gasteiger charge is -2.19. The van der Waals surface area contributed by atoms with E-state index in [4.69, 9.17) is 4.74 Å². The maximum Gasteiger partial charge on any atom is 0.174 e. The monoisotopic (exact) mass is 228 g/mol. The van der Waals surface area contributed by atoms with Crippen molar-refractivity contribution in [3.8, 4) is 0 Å². The van der Waals surface area contributed by atoms with E-state index in [9.17, 15) is 13.2 Å². The maximum atomic E-state index is 11.5. The fraction of sp³-hybridized carbons (Fsp3) is 0.700. The van der Waals surface area contributed by atoms with Crippen molar-refractivity contribution in [2.24, 2.45) is 11.8 Å². The van der Waals surface area contributed by atoms with Crippen LogP contribution in [0.2, 0.25) is 0 Å². The van der Waals surface area contributed by atoms with E-state index in [-0.39, 0.29) is 29.8 Å². The molecule has 0 amide bonds. The molecule has 0 N–H and O–H groups in total. The maximum absolute atomic E-state index is 11.5. The number of carbonyl (C=O) groups is 1. The van der Waals surface area contributed by atoms with Crippen LogP contribution < -0.4 is 0 Å². The van der Waals surface area contributed by atoms with Crippen molar-refractivity contribution in [3.63, 3.8) is 0 Å². The highest BCUT2D eigenvalue weighted by atomic mass is 32.2. The Kier molecular flexibility index (Phi) is 1.72. The van der Waals surface area contributed by atoms with Crippen LogP contribution >= 0.6 is 0 Å². The summed E-state index contributed by atoms with van der Waals surface area (Å²) in [4.78, 5) is 11.9. The lowest BCUT2D eigenvalue weighted by molar-refractivity contribution is -0.122. The Morgan fingerprint density at radius 2 is 2.20 bits per heavy atom. The molecule has 2 fully saturated rings. The van der Waals surface area contributed by atoms with E-state index in [1.165, 1.54) is 6.26 Å². The van der Waals surface area contributed by atoms with Crippen molar-refractivity contribution in [2.45, 2.75) is 25.0 Å². The molecule has 15 heavy (non-hydrogen) atoms. The molecule has 1 saturated carbocycles. The van der Waals surface area contributed by atoms with Crippen molar-refractivity contribution >= 4 is 15.6 Å². The van der Waals surface area contributed by atoms with Gasteiger partial charge < -0.3 is 4.74 Å². The molecule has 3 aliphatic rings. The normalized spacial score (nSPS) is 43.3. The van der Waals surface area contributed by atoms with E-state index in [0.717, 1.165) is 6.42 Å². The summed E-state index contributed by atoms with van der Waals surface area (Å²) in [6.45, 7) is 0. The quantitative estimate of drug-likeness (QED) is 0.647. The average Bonchev–Trinajstić information content (AvgIpc) is 2.73. The van der Waals surface area contributed by atoms with Crippen LogP contribution in [-0.4, -0.2) is 32.7 Å². The number of carbonyl (C=O) groups excluding carboxylic acids is 1. The summed E-state index contributed by atoms with van der Waals surface area (Å²) in [6, 6.07) is 0. The van der Waals surface area contributed by atoms with Gasteiger partial charge in [-0.05, 0) is 12.5 Å². The second-order valence-corrected chi connectivity index (χ2v) is 6.57. The van der Waals surface area contributed by atoms with Gasteiger partial charge in [-0.1, -0.05) is 0 Å². The predicted molar refractivity (Wildman–Crippen MR) is 52.8 cm³/mol. The van der Waals surface area contributed by atoms with Gasteiger partial charge >= 0.3 is 0 Å². The van der Waals surface area contributed by atoms with Crippen LogP contribution in [0.1, 0.15) is 12.8 Å². The summed E-state index contributed by atoms with van der Waals surface area (Å²) >= 11 is 0. The molecule has 0 aromatic rings. The first-order valence-electron chi connectivity index (χ1n) is 5.08. The van der Waals surface area contributed by atoms with E-state index in [1.54, 1.807) is 6.08 Å². The summed E-state index contributed by atoms with van der Waals surface area (Å²) in [7, 11) is -3.16. The molecule has 0 aromatic heterocycles. The summed E-state index contributed by atoms with van der Waals surface area (Å²) in [5.41, 5.74) is 0. The zero-order chi connectivity index (χ0) is 10.8. The molecular weight excluding hydrogens is 216 g/mol. The number of hydrogen-bond donors (Lipinski definition) is 0. The highest BCUT2D eigenvalue weighted by Crippen LogP contribution is 2.50. The van der Waals surface area contributed by atoms with E-state index >= 15 is 0 Å². The zero-order valence-corrected chi connectivity index (χ0v) is 9.16. The topological polar surface area (TPSA) is 60.4 Å². The third-order valence-electron chi connectivity index (χ3n) is 3.64. The Bertz CT molecular complexity index is 462. The molecular formula is C10H12O4S. The number of sulfone groups is 1. The number of Topliss-reactive ketones (excluding diaryl/α,β-unsaturated/α-hetero) is 1. The highest BCUT2D eigenvalue weighted by Gasteiger charge is 2.56. The van der Waals surface area contributed by atoms with Crippen LogP contribution in [-0.2, 0) is 19.4 Å². The Balaban J connectivity index is 2.03. The minimum absolute atomic E-state index is 0.0690. The molecule has 5 heteroatoms. The smallest absolute Gasteiger partial charge is 0.174 e. The molecule has 3 rings (SSSR count). The molecule has 0 spiro atoms. The van der Waals surface area contributed by atoms with Gasteiger partial charge in [0.2, 0.25) is 0 Å². The van der Waals surface area contributed by atoms with Crippen LogP contribution in [0.4, 0.5) is 0 Å². The summed E-state index contributed by atoms with van der Waals surface area (Å²) < 4.78 is 28.5. The van der Waals surface area contributed by atoms with Crippen LogP contribution in [0.3, 0.4) is 0 Å². The molecule has 0 aromatic carbocycles. The number of hydrogen-bond acceptors (Lipinski definition) is 4. The van der Waals surface area contributed by atoms with Gasteiger partial charge in [0.05, 0.1) is 23.0 Å². The van der Waals surface area contributed by atoms with Crippen molar-refractivity contribution in [1.82, 2.24) is 0 Å². The first-order valence-corrected chi connectivity index (χ1v) is 6.97. The van der Waals surface area contributed by atoms with Gasteiger partial charge in [-0.2, -0.15) is 0 Å². The van der Waals surface area contributed by atoms with Gasteiger partial charge in [-0.3, -0.25) is 4.79 Å². The van der Waals surface area contributed by atoms with Crippen LogP contribution in [0.15, 0.2) is 11.0 Å². The third kappa shape index (κ3) is 1.16. The molecule has 4 nitrogen and oxygen atoms in total. The van der Waals surface area contributed by atoms with E-state index in [1.807, 2.05) is 0 Å². The zero-order valence-electron chi connectivity index (χ0n) is 8.34. The minimum Gasteiger partial charge on any atom is -0.364 e. The molecule has 1 aliphatic carbocycles. The number of ether oxygens (including phenoxy) is 1. The van der Waals surface area contributed by atoms with Crippen LogP contribution in [0.5, 0.6) is 0 Å². The summed E-state index contributed by atoms with van der Waals surface area (Å²) in [5.74, 6) is 0.272. The third-order valence-corrected chi connectivity index (χ3v) is 4.87. The number of rotatable bonds is 1. The lowest BCUT2D eigenvalue weighted by atomic mass is 9.85. The second kappa shape index (κ2) is 2.71. The first kappa shape index (κ1) is 9.54. The van der Waals surface area contributed by atoms with Crippen LogP contribution in [0, 0.1) is 11.8 Å². The largest absolute Gasteiger partial charge is 0.364 e. The SMILES string of the molecule is CS(=O)(=O)C1=C[C@H]2O[C@@H]1[C@@H]1CCC(=O)[C@@H]12. The van der Waals surface area contributed by atoms with Gasteiger partial charge in [0.1, 0.15) is 5.78 Å². The molecule has 2 heterocycles. The fourth-order valence-corrected chi connectivity index (χ4v) is 4.06. The number of fused-ring (bicyclic) bond motifs is 5. The lowest BCUT2D eigenvalue weighted by Crippen LogP contribution is -2.28. The molecule has 82 valence electrons. The molecule has 0 radical (unpaired) electrons. The van der Waals surface area contributed by atoms with Crippen molar-refractivity contribution in [3.05, 3.63) is 11.0 Å². The molecule has 1 saturated heterocycles. The van der Waals surface area contributed by atoms with E-state index in [2.05, 4.69) is 0 Å². The Hall–Kier alpha value is -0.680. The number of ketones is 1. The van der Waals surface area contributed by atoms with Gasteiger partial charge in [0.15, 0.2) is 9.84 Å². The van der Waals surface area contributed by atoms with Gasteiger partial charge in [-0.15, -0.1) is 0 Å². The second-order valence-electron chi connectivity index (χ2n) is 4.56. The highest BCUT2D eigenvalue weighted by molar-refractivity contribution is 7.94. The average molecular weight is 228 g/mol. The minimum atomic E-state index is -3.16. The Morgan fingerprint density at radius 3 is 2.87 bits per heavy atom.